The molecule has 17 heavy (non-hydrogen) atoms. The third kappa shape index (κ3) is 2.31. The third-order valence-electron chi connectivity index (χ3n) is 2.43. The summed E-state index contributed by atoms with van der Waals surface area (Å²) in [4.78, 5) is 15.9. The van der Waals surface area contributed by atoms with Crippen LogP contribution in [-0.4, -0.2) is 31.9 Å². The van der Waals surface area contributed by atoms with Crippen LogP contribution in [-0.2, 0) is 14.9 Å². The van der Waals surface area contributed by atoms with Crippen LogP contribution in [0.4, 0.5) is 0 Å². The number of carbonyl (C=O) groups is 1. The number of hydrogen-bond acceptors (Lipinski definition) is 4. The summed E-state index contributed by atoms with van der Waals surface area (Å²) in [5.41, 5.74) is 5.34. The molecule has 1 aromatic rings. The second kappa shape index (κ2) is 4.44. The first kappa shape index (κ1) is 12.0. The van der Waals surface area contributed by atoms with Crippen molar-refractivity contribution in [2.75, 3.05) is 13.2 Å². The number of hydroxylamine groups is 1. The van der Waals surface area contributed by atoms with Gasteiger partial charge in [0.15, 0.2) is 0 Å². The van der Waals surface area contributed by atoms with Gasteiger partial charge in [-0.25, -0.2) is 8.42 Å². The average Bonchev–Trinajstić information content (AvgIpc) is 2.83. The Hall–Kier alpha value is -1.44. The summed E-state index contributed by atoms with van der Waals surface area (Å²) in [6, 6.07) is 5.45. The highest BCUT2D eigenvalue weighted by Crippen LogP contribution is 2.19. The Morgan fingerprint density at radius 3 is 2.41 bits per heavy atom. The van der Waals surface area contributed by atoms with Crippen molar-refractivity contribution in [2.45, 2.75) is 11.3 Å². The maximum absolute atomic E-state index is 12.0. The molecule has 0 aliphatic carbocycles. The Labute approximate surface area is 99.0 Å². The maximum atomic E-state index is 12.0. The molecular formula is C10H12N2O4S. The van der Waals surface area contributed by atoms with Crippen LogP contribution in [0.2, 0.25) is 0 Å². The van der Waals surface area contributed by atoms with Crippen LogP contribution in [0, 0.1) is 0 Å². The Morgan fingerprint density at radius 2 is 1.94 bits per heavy atom. The minimum Gasteiger partial charge on any atom is -0.366 e. The van der Waals surface area contributed by atoms with Crippen LogP contribution in [0.25, 0.3) is 0 Å². The maximum Gasteiger partial charge on any atom is 0.265 e. The molecule has 0 unspecified atom stereocenters. The zero-order valence-electron chi connectivity index (χ0n) is 9.00. The summed E-state index contributed by atoms with van der Waals surface area (Å²) in [6.45, 7) is 0.749. The summed E-state index contributed by atoms with van der Waals surface area (Å²) < 4.78 is 25.0. The Bertz CT molecular complexity index is 518. The normalized spacial score (nSPS) is 17.2. The van der Waals surface area contributed by atoms with Gasteiger partial charge in [0, 0.05) is 12.1 Å². The lowest BCUT2D eigenvalue weighted by molar-refractivity contribution is -0.0284. The molecule has 0 spiro atoms. The molecule has 0 radical (unpaired) electrons. The lowest BCUT2D eigenvalue weighted by Gasteiger charge is -2.14. The summed E-state index contributed by atoms with van der Waals surface area (Å²) in [6.07, 6.45) is 0.679. The number of carbonyl (C=O) groups excluding carboxylic acids is 1. The lowest BCUT2D eigenvalue weighted by atomic mass is 10.2. The van der Waals surface area contributed by atoms with Gasteiger partial charge in [0.05, 0.1) is 11.5 Å². The molecule has 2 N–H and O–H groups in total. The van der Waals surface area contributed by atoms with E-state index in [9.17, 15) is 13.2 Å². The number of amides is 1. The monoisotopic (exact) mass is 256 g/mol. The van der Waals surface area contributed by atoms with Crippen molar-refractivity contribution in [1.82, 2.24) is 4.47 Å². The minimum atomic E-state index is -3.62. The van der Waals surface area contributed by atoms with Crippen molar-refractivity contribution >= 4 is 15.9 Å². The molecule has 1 aliphatic heterocycles. The van der Waals surface area contributed by atoms with Gasteiger partial charge >= 0.3 is 0 Å². The first-order valence-electron chi connectivity index (χ1n) is 5.07. The molecule has 7 heteroatoms. The zero-order valence-corrected chi connectivity index (χ0v) is 9.81. The Balaban J connectivity index is 2.30. The van der Waals surface area contributed by atoms with Crippen molar-refractivity contribution in [3.05, 3.63) is 29.8 Å². The average molecular weight is 256 g/mol. The standard InChI is InChI=1S/C10H12N2O4S/c11-10(13)8-2-4-9(5-3-8)17(14,15)12-6-1-7-16-12/h2-5H,1,6-7H2,(H2,11,13). The molecule has 1 aliphatic rings. The van der Waals surface area contributed by atoms with E-state index in [4.69, 9.17) is 10.6 Å². The van der Waals surface area contributed by atoms with Crippen molar-refractivity contribution in [1.29, 1.82) is 0 Å². The molecule has 92 valence electrons. The minimum absolute atomic E-state index is 0.0874. The van der Waals surface area contributed by atoms with Crippen LogP contribution >= 0.6 is 0 Å². The summed E-state index contributed by atoms with van der Waals surface area (Å²) in [5.74, 6) is -0.591. The molecule has 1 saturated heterocycles. The SMILES string of the molecule is NC(=O)c1ccc(S(=O)(=O)N2CCCO2)cc1. The van der Waals surface area contributed by atoms with E-state index >= 15 is 0 Å². The molecule has 0 bridgehead atoms. The first-order chi connectivity index (χ1) is 8.01. The number of rotatable bonds is 3. The van der Waals surface area contributed by atoms with E-state index < -0.39 is 15.9 Å². The van der Waals surface area contributed by atoms with Gasteiger partial charge in [-0.1, -0.05) is 4.47 Å². The van der Waals surface area contributed by atoms with Crippen molar-refractivity contribution in [3.63, 3.8) is 0 Å². The fourth-order valence-corrected chi connectivity index (χ4v) is 2.82. The fourth-order valence-electron chi connectivity index (χ4n) is 1.52. The quantitative estimate of drug-likeness (QED) is 0.831. The van der Waals surface area contributed by atoms with Gasteiger partial charge in [0.2, 0.25) is 5.91 Å². The molecule has 1 fully saturated rings. The predicted molar refractivity (Wildman–Crippen MR) is 59.4 cm³/mol. The largest absolute Gasteiger partial charge is 0.366 e. The van der Waals surface area contributed by atoms with Crippen LogP contribution in [0.3, 0.4) is 0 Å². The lowest BCUT2D eigenvalue weighted by Crippen LogP contribution is -2.26. The van der Waals surface area contributed by atoms with Gasteiger partial charge in [0.1, 0.15) is 0 Å². The second-order valence-electron chi connectivity index (χ2n) is 3.61. The van der Waals surface area contributed by atoms with E-state index in [1.165, 1.54) is 24.3 Å². The van der Waals surface area contributed by atoms with Gasteiger partial charge in [-0.3, -0.25) is 9.63 Å². The van der Waals surface area contributed by atoms with E-state index in [1.807, 2.05) is 0 Å². The van der Waals surface area contributed by atoms with Crippen LogP contribution in [0.1, 0.15) is 16.8 Å². The molecule has 0 atom stereocenters. The number of hydrogen-bond donors (Lipinski definition) is 1. The van der Waals surface area contributed by atoms with Gasteiger partial charge in [-0.2, -0.15) is 0 Å². The fraction of sp³-hybridized carbons (Fsp3) is 0.300. The highest BCUT2D eigenvalue weighted by atomic mass is 32.2. The second-order valence-corrected chi connectivity index (χ2v) is 5.44. The number of sulfonamides is 1. The molecule has 1 heterocycles. The van der Waals surface area contributed by atoms with Crippen molar-refractivity contribution in [3.8, 4) is 0 Å². The summed E-state index contributed by atoms with van der Waals surface area (Å²) in [5, 5.41) is 0. The van der Waals surface area contributed by atoms with E-state index in [1.54, 1.807) is 0 Å². The van der Waals surface area contributed by atoms with Gasteiger partial charge in [-0.15, -0.1) is 0 Å². The van der Waals surface area contributed by atoms with Crippen LogP contribution < -0.4 is 5.73 Å². The van der Waals surface area contributed by atoms with E-state index in [0.717, 1.165) is 4.47 Å². The van der Waals surface area contributed by atoms with Crippen LogP contribution in [0.15, 0.2) is 29.2 Å². The molecular weight excluding hydrogens is 244 g/mol. The topological polar surface area (TPSA) is 89.7 Å². The molecule has 1 aromatic carbocycles. The zero-order chi connectivity index (χ0) is 12.5. The van der Waals surface area contributed by atoms with Crippen molar-refractivity contribution < 1.29 is 18.0 Å². The number of benzene rings is 1. The molecule has 1 amide bonds. The van der Waals surface area contributed by atoms with E-state index in [0.29, 0.717) is 19.6 Å². The highest BCUT2D eigenvalue weighted by Gasteiger charge is 2.28. The van der Waals surface area contributed by atoms with Gasteiger partial charge in [0.25, 0.3) is 10.0 Å². The summed E-state index contributed by atoms with van der Waals surface area (Å²) >= 11 is 0. The van der Waals surface area contributed by atoms with E-state index in [2.05, 4.69) is 0 Å². The number of nitrogens with zero attached hydrogens (tertiary/aromatic N) is 1. The van der Waals surface area contributed by atoms with Gasteiger partial charge in [-0.05, 0) is 30.7 Å². The number of primary amides is 1. The first-order valence-corrected chi connectivity index (χ1v) is 6.51. The number of nitrogens with two attached hydrogens (primary N) is 1. The van der Waals surface area contributed by atoms with E-state index in [-0.39, 0.29) is 10.5 Å². The van der Waals surface area contributed by atoms with Gasteiger partial charge < -0.3 is 5.73 Å². The molecule has 0 saturated carbocycles. The Morgan fingerprint density at radius 1 is 1.29 bits per heavy atom. The molecule has 2 rings (SSSR count). The van der Waals surface area contributed by atoms with Crippen LogP contribution in [0.5, 0.6) is 0 Å². The smallest absolute Gasteiger partial charge is 0.265 e. The molecule has 6 nitrogen and oxygen atoms in total. The summed E-state index contributed by atoms with van der Waals surface area (Å²) in [7, 11) is -3.62. The third-order valence-corrected chi connectivity index (χ3v) is 4.12. The molecule has 0 aromatic heterocycles. The van der Waals surface area contributed by atoms with Crippen molar-refractivity contribution in [2.24, 2.45) is 5.73 Å². The highest BCUT2D eigenvalue weighted by molar-refractivity contribution is 7.89. The Kier molecular flexibility index (Phi) is 3.14. The predicted octanol–water partition coefficient (Wildman–Crippen LogP) is 0.111.